The Balaban J connectivity index is 0.888. The number of hydrogen-bond donors (Lipinski definition) is 1. The molecule has 11 nitrogen and oxygen atoms in total. The zero-order chi connectivity index (χ0) is 34.1. The molecule has 5 aromatic rings. The van der Waals surface area contributed by atoms with Crippen molar-refractivity contribution in [2.45, 2.75) is 38.3 Å². The van der Waals surface area contributed by atoms with Gasteiger partial charge in [0.05, 0.1) is 29.1 Å². The Hall–Kier alpha value is -5.20. The molecule has 3 amide bonds. The highest BCUT2D eigenvalue weighted by atomic mass is 32.1. The van der Waals surface area contributed by atoms with Gasteiger partial charge in [-0.1, -0.05) is 12.1 Å². The summed E-state index contributed by atoms with van der Waals surface area (Å²) in [6.07, 6.45) is 5.79. The van der Waals surface area contributed by atoms with Gasteiger partial charge in [0.25, 0.3) is 11.8 Å². The molecule has 0 bridgehead atoms. The number of phenols is 1. The van der Waals surface area contributed by atoms with E-state index in [0.717, 1.165) is 50.7 Å². The lowest BCUT2D eigenvalue weighted by Crippen LogP contribution is -2.55. The Morgan fingerprint density at radius 3 is 2.53 bits per heavy atom. The molecule has 1 fully saturated rings. The first-order valence-corrected chi connectivity index (χ1v) is 17.1. The average Bonchev–Trinajstić information content (AvgIpc) is 3.67. The third kappa shape index (κ3) is 6.74. The minimum Gasteiger partial charge on any atom is -0.508 e. The predicted octanol–water partition coefficient (Wildman–Crippen LogP) is 5.31. The molecule has 7 rings (SSSR count). The number of piperidine rings is 1. The number of aromatic hydroxyl groups is 1. The summed E-state index contributed by atoms with van der Waals surface area (Å²) in [6.45, 7) is 1.10. The van der Waals surface area contributed by atoms with Crippen LogP contribution in [0.25, 0.3) is 32.0 Å². The van der Waals surface area contributed by atoms with Gasteiger partial charge in [-0.15, -0.1) is 11.3 Å². The fraction of sp³-hybridized carbons (Fsp3) is 0.297. The first-order valence-electron chi connectivity index (χ1n) is 16.3. The maximum atomic E-state index is 13.3. The summed E-state index contributed by atoms with van der Waals surface area (Å²) in [6, 6.07) is 18.2. The van der Waals surface area contributed by atoms with E-state index in [0.29, 0.717) is 24.2 Å². The molecule has 0 radical (unpaired) electrons. The molecule has 2 aliphatic heterocycles. The number of hydrogen-bond acceptors (Lipinski definition) is 10. The summed E-state index contributed by atoms with van der Waals surface area (Å²) in [5.41, 5.74) is 6.11. The zero-order valence-electron chi connectivity index (χ0n) is 27.3. The van der Waals surface area contributed by atoms with E-state index in [2.05, 4.69) is 22.1 Å². The van der Waals surface area contributed by atoms with Crippen LogP contribution in [-0.4, -0.2) is 87.5 Å². The minimum atomic E-state index is -0.708. The smallest absolute Gasteiger partial charge is 0.255 e. The highest BCUT2D eigenvalue weighted by Gasteiger charge is 2.42. The Labute approximate surface area is 287 Å². The molecular weight excluding hydrogens is 641 g/mol. The fourth-order valence-electron chi connectivity index (χ4n) is 6.31. The van der Waals surface area contributed by atoms with Crippen LogP contribution in [0.4, 0.5) is 5.82 Å². The van der Waals surface area contributed by atoms with Gasteiger partial charge < -0.3 is 19.6 Å². The monoisotopic (exact) mass is 676 g/mol. The summed E-state index contributed by atoms with van der Waals surface area (Å²) in [4.78, 5) is 57.5. The molecule has 0 spiro atoms. The second-order valence-electron chi connectivity index (χ2n) is 12.5. The van der Waals surface area contributed by atoms with Crippen LogP contribution in [0, 0.1) is 0 Å². The largest absolute Gasteiger partial charge is 0.508 e. The molecule has 250 valence electrons. The van der Waals surface area contributed by atoms with Crippen molar-refractivity contribution in [2.24, 2.45) is 0 Å². The molecule has 0 aliphatic carbocycles. The fourth-order valence-corrected chi connectivity index (χ4v) is 7.32. The first kappa shape index (κ1) is 32.4. The number of benzene rings is 2. The maximum Gasteiger partial charge on any atom is 0.255 e. The Kier molecular flexibility index (Phi) is 9.07. The van der Waals surface area contributed by atoms with Crippen molar-refractivity contribution in [3.63, 3.8) is 0 Å². The standard InChI is InChI=1S/C37H36N6O5S/c1-41(2)33-13-7-25(21-39-33)24-6-11-30(38-20-24)35-40-29-10-5-23(18-32(29)49-35)4-3-16-48-17-15-42-34(45)14-12-31(37(42)47)43-22-26-19-27(44)8-9-28(26)36(43)46/h5-11,13,18-21,31,44H,3-4,12,14-17,22H2,1-2H3. The quantitative estimate of drug-likeness (QED) is 0.146. The van der Waals surface area contributed by atoms with Crippen molar-refractivity contribution in [1.82, 2.24) is 24.8 Å². The molecule has 5 heterocycles. The normalized spacial score (nSPS) is 16.1. The minimum absolute atomic E-state index is 0.0756. The van der Waals surface area contributed by atoms with Crippen LogP contribution in [0.1, 0.15) is 40.7 Å². The van der Waals surface area contributed by atoms with E-state index in [1.54, 1.807) is 23.5 Å². The van der Waals surface area contributed by atoms with E-state index in [1.165, 1.54) is 21.4 Å². The van der Waals surface area contributed by atoms with Crippen LogP contribution in [0.5, 0.6) is 5.75 Å². The maximum absolute atomic E-state index is 13.3. The topological polar surface area (TPSA) is 129 Å². The number of likely N-dealkylation sites (tertiary alicyclic amines) is 1. The van der Waals surface area contributed by atoms with Gasteiger partial charge >= 0.3 is 0 Å². The van der Waals surface area contributed by atoms with Crippen LogP contribution in [-0.2, 0) is 27.3 Å². The molecule has 1 saturated heterocycles. The number of thiazole rings is 1. The molecule has 49 heavy (non-hydrogen) atoms. The molecule has 2 aliphatic rings. The van der Waals surface area contributed by atoms with Crippen LogP contribution in [0.2, 0.25) is 0 Å². The van der Waals surface area contributed by atoms with Gasteiger partial charge in [0.1, 0.15) is 22.6 Å². The van der Waals surface area contributed by atoms with Crippen molar-refractivity contribution < 1.29 is 24.2 Å². The lowest BCUT2D eigenvalue weighted by molar-refractivity contribution is -0.153. The number of pyridine rings is 2. The number of imide groups is 1. The number of carbonyl (C=O) groups is 3. The molecular formula is C37H36N6O5S. The van der Waals surface area contributed by atoms with Gasteiger partial charge in [-0.2, -0.15) is 0 Å². The summed E-state index contributed by atoms with van der Waals surface area (Å²) in [5, 5.41) is 10.7. The van der Waals surface area contributed by atoms with Crippen molar-refractivity contribution in [1.29, 1.82) is 0 Å². The van der Waals surface area contributed by atoms with Crippen LogP contribution in [0.15, 0.2) is 73.1 Å². The van der Waals surface area contributed by atoms with Crippen molar-refractivity contribution in [2.75, 3.05) is 38.8 Å². The van der Waals surface area contributed by atoms with E-state index in [9.17, 15) is 19.5 Å². The number of phenolic OH excluding ortho intramolecular Hbond substituents is 1. The lowest BCUT2D eigenvalue weighted by Gasteiger charge is -2.35. The number of nitrogens with zero attached hydrogens (tertiary/aromatic N) is 6. The van der Waals surface area contributed by atoms with Gasteiger partial charge in [0.2, 0.25) is 5.91 Å². The molecule has 1 N–H and O–H groups in total. The lowest BCUT2D eigenvalue weighted by atomic mass is 10.0. The molecule has 2 aromatic carbocycles. The molecule has 12 heteroatoms. The number of rotatable bonds is 11. The first-order chi connectivity index (χ1) is 23.7. The van der Waals surface area contributed by atoms with Gasteiger partial charge in [-0.05, 0) is 78.9 Å². The highest BCUT2D eigenvalue weighted by molar-refractivity contribution is 7.21. The van der Waals surface area contributed by atoms with E-state index in [-0.39, 0.29) is 49.6 Å². The third-order valence-corrected chi connectivity index (χ3v) is 10.0. The summed E-state index contributed by atoms with van der Waals surface area (Å²) in [5.74, 6) is 0.105. The number of amides is 3. The van der Waals surface area contributed by atoms with E-state index in [4.69, 9.17) is 9.72 Å². The van der Waals surface area contributed by atoms with Crippen molar-refractivity contribution in [3.05, 3.63) is 89.7 Å². The van der Waals surface area contributed by atoms with E-state index >= 15 is 0 Å². The summed E-state index contributed by atoms with van der Waals surface area (Å²) < 4.78 is 6.92. The van der Waals surface area contributed by atoms with Gasteiger partial charge in [0.15, 0.2) is 0 Å². The SMILES string of the molecule is CN(C)c1ccc(-c2ccc(-c3nc4ccc(CCCOCCN5C(=O)CCC(N6Cc7cc(O)ccc7C6=O)C5=O)cc4s3)nc2)cn1. The molecule has 1 unspecified atom stereocenters. The number of ether oxygens (including phenoxy) is 1. The number of anilines is 1. The number of fused-ring (bicyclic) bond motifs is 2. The van der Waals surface area contributed by atoms with Crippen LogP contribution in [0.3, 0.4) is 0 Å². The second kappa shape index (κ2) is 13.7. The number of aromatic nitrogens is 3. The van der Waals surface area contributed by atoms with Gasteiger partial charge in [0, 0.05) is 62.8 Å². The number of carbonyl (C=O) groups excluding carboxylic acids is 3. The molecule has 1 atom stereocenters. The zero-order valence-corrected chi connectivity index (χ0v) is 28.2. The highest BCUT2D eigenvalue weighted by Crippen LogP contribution is 2.32. The van der Waals surface area contributed by atoms with Crippen LogP contribution >= 0.6 is 11.3 Å². The Bertz CT molecular complexity index is 2030. The van der Waals surface area contributed by atoms with Gasteiger partial charge in [-0.25, -0.2) is 9.97 Å². The van der Waals surface area contributed by atoms with Crippen molar-refractivity contribution >= 4 is 45.1 Å². The molecule has 0 saturated carbocycles. The third-order valence-electron chi connectivity index (χ3n) is 8.97. The summed E-state index contributed by atoms with van der Waals surface area (Å²) in [7, 11) is 3.93. The van der Waals surface area contributed by atoms with Crippen LogP contribution < -0.4 is 4.90 Å². The Morgan fingerprint density at radius 1 is 0.959 bits per heavy atom. The van der Waals surface area contributed by atoms with Gasteiger partial charge in [-0.3, -0.25) is 24.3 Å². The Morgan fingerprint density at radius 2 is 1.78 bits per heavy atom. The summed E-state index contributed by atoms with van der Waals surface area (Å²) >= 11 is 1.61. The number of aryl methyl sites for hydroxylation is 1. The molecule has 3 aromatic heterocycles. The van der Waals surface area contributed by atoms with E-state index < -0.39 is 6.04 Å². The van der Waals surface area contributed by atoms with E-state index in [1.807, 2.05) is 61.7 Å². The average molecular weight is 677 g/mol. The predicted molar refractivity (Wildman–Crippen MR) is 187 cm³/mol. The van der Waals surface area contributed by atoms with Crippen molar-refractivity contribution in [3.8, 4) is 27.6 Å². The second-order valence-corrected chi connectivity index (χ2v) is 13.5.